The Morgan fingerprint density at radius 3 is 3.00 bits per heavy atom. The lowest BCUT2D eigenvalue weighted by molar-refractivity contribution is 0.0957. The quantitative estimate of drug-likeness (QED) is 0.859. The fourth-order valence-electron chi connectivity index (χ4n) is 3.62. The average molecular weight is 278 g/mol. The van der Waals surface area contributed by atoms with Crippen molar-refractivity contribution in [1.82, 2.24) is 10.3 Å². The van der Waals surface area contributed by atoms with Crippen molar-refractivity contribution in [2.75, 3.05) is 6.54 Å². The van der Waals surface area contributed by atoms with Crippen LogP contribution in [0.1, 0.15) is 45.1 Å². The van der Waals surface area contributed by atoms with Crippen LogP contribution in [0.25, 0.3) is 0 Å². The normalized spacial score (nSPS) is 19.9. The molecule has 1 aromatic heterocycles. The minimum atomic E-state index is -0.0532. The number of Topliss-reactive ketones (excluding diaryl/α,β-unsaturated/α-hetero) is 1. The summed E-state index contributed by atoms with van der Waals surface area (Å²) in [5.74, 6) is 0.203. The number of nitrogens with one attached hydrogen (secondary N) is 1. The summed E-state index contributed by atoms with van der Waals surface area (Å²) in [4.78, 5) is 17.5. The van der Waals surface area contributed by atoms with Crippen molar-refractivity contribution in [2.24, 2.45) is 0 Å². The van der Waals surface area contributed by atoms with Crippen LogP contribution in [0, 0.1) is 0 Å². The number of nitrogens with zero attached hydrogens (tertiary/aromatic N) is 1. The number of benzene rings is 1. The second-order valence-corrected chi connectivity index (χ2v) is 5.87. The molecule has 0 spiro atoms. The zero-order valence-electron chi connectivity index (χ0n) is 11.9. The molecule has 1 aliphatic carbocycles. The first kappa shape index (κ1) is 12.7. The molecule has 1 aromatic carbocycles. The Bertz CT molecular complexity index is 708. The van der Waals surface area contributed by atoms with Gasteiger partial charge in [0.15, 0.2) is 5.78 Å². The average Bonchev–Trinajstić information content (AvgIpc) is 2.98. The highest BCUT2D eigenvalue weighted by Gasteiger charge is 2.32. The predicted octanol–water partition coefficient (Wildman–Crippen LogP) is 2.64. The van der Waals surface area contributed by atoms with Gasteiger partial charge in [0.05, 0.1) is 11.6 Å². The Hall–Kier alpha value is -2.00. The molecule has 0 saturated heterocycles. The zero-order chi connectivity index (χ0) is 14.2. The van der Waals surface area contributed by atoms with E-state index in [1.807, 2.05) is 18.2 Å². The number of ketones is 1. The summed E-state index contributed by atoms with van der Waals surface area (Å²) in [6, 6.07) is 10.2. The Balaban J connectivity index is 1.74. The Kier molecular flexibility index (Phi) is 3.08. The van der Waals surface area contributed by atoms with Gasteiger partial charge in [-0.2, -0.15) is 0 Å². The summed E-state index contributed by atoms with van der Waals surface area (Å²) in [6.07, 6.45) is 4.61. The van der Waals surface area contributed by atoms with Crippen LogP contribution in [0.4, 0.5) is 0 Å². The summed E-state index contributed by atoms with van der Waals surface area (Å²) >= 11 is 0. The van der Waals surface area contributed by atoms with E-state index in [9.17, 15) is 4.79 Å². The molecule has 1 atom stereocenters. The van der Waals surface area contributed by atoms with Crippen molar-refractivity contribution < 1.29 is 4.79 Å². The second kappa shape index (κ2) is 5.08. The maximum absolute atomic E-state index is 13.0. The first-order valence-corrected chi connectivity index (χ1v) is 7.64. The Labute approximate surface area is 124 Å². The molecule has 2 heterocycles. The molecule has 2 aliphatic rings. The maximum atomic E-state index is 13.0. The van der Waals surface area contributed by atoms with Gasteiger partial charge in [-0.15, -0.1) is 0 Å². The number of aryl methyl sites for hydroxylation is 1. The highest BCUT2D eigenvalue weighted by molar-refractivity contribution is 6.02. The van der Waals surface area contributed by atoms with Crippen LogP contribution >= 0.6 is 0 Å². The minimum Gasteiger partial charge on any atom is -0.312 e. The van der Waals surface area contributed by atoms with Crippen LogP contribution in [0.15, 0.2) is 36.5 Å². The molecule has 1 N–H and O–H groups in total. The largest absolute Gasteiger partial charge is 0.312 e. The van der Waals surface area contributed by atoms with E-state index in [2.05, 4.69) is 22.4 Å². The molecular formula is C18H18N2O. The van der Waals surface area contributed by atoms with Gasteiger partial charge in [0.1, 0.15) is 0 Å². The summed E-state index contributed by atoms with van der Waals surface area (Å²) in [7, 11) is 0. The van der Waals surface area contributed by atoms with E-state index in [1.165, 1.54) is 16.7 Å². The molecule has 0 bridgehead atoms. The van der Waals surface area contributed by atoms with E-state index in [0.29, 0.717) is 0 Å². The van der Waals surface area contributed by atoms with Crippen molar-refractivity contribution >= 4 is 5.78 Å². The molecule has 0 amide bonds. The van der Waals surface area contributed by atoms with E-state index in [4.69, 9.17) is 0 Å². The van der Waals surface area contributed by atoms with Crippen LogP contribution in [-0.4, -0.2) is 17.3 Å². The van der Waals surface area contributed by atoms with Crippen molar-refractivity contribution in [3.05, 3.63) is 64.5 Å². The van der Waals surface area contributed by atoms with Crippen molar-refractivity contribution in [2.45, 2.75) is 31.7 Å². The van der Waals surface area contributed by atoms with Crippen LogP contribution in [0.3, 0.4) is 0 Å². The Morgan fingerprint density at radius 1 is 1.14 bits per heavy atom. The van der Waals surface area contributed by atoms with Crippen molar-refractivity contribution in [3.8, 4) is 0 Å². The molecule has 0 radical (unpaired) electrons. The number of carbonyl (C=O) groups excluding carboxylic acids is 1. The third-order valence-electron chi connectivity index (χ3n) is 4.68. The van der Waals surface area contributed by atoms with Crippen LogP contribution < -0.4 is 5.32 Å². The summed E-state index contributed by atoms with van der Waals surface area (Å²) in [5, 5.41) is 3.37. The van der Waals surface area contributed by atoms with Gasteiger partial charge in [-0.1, -0.05) is 24.3 Å². The smallest absolute Gasteiger partial charge is 0.172 e. The summed E-state index contributed by atoms with van der Waals surface area (Å²) in [6.45, 7) is 1.83. The van der Waals surface area contributed by atoms with Crippen LogP contribution in [0.5, 0.6) is 0 Å². The monoisotopic (exact) mass is 278 g/mol. The molecule has 1 unspecified atom stereocenters. The van der Waals surface area contributed by atoms with Gasteiger partial charge < -0.3 is 5.32 Å². The lowest BCUT2D eigenvalue weighted by Gasteiger charge is -2.21. The predicted molar refractivity (Wildman–Crippen MR) is 81.5 cm³/mol. The molecule has 3 nitrogen and oxygen atoms in total. The topological polar surface area (TPSA) is 42.0 Å². The molecule has 3 heteroatoms. The highest BCUT2D eigenvalue weighted by atomic mass is 16.1. The maximum Gasteiger partial charge on any atom is 0.172 e. The standard InChI is InChI=1S/C18H18N2O/c21-18(16-7-6-12-4-2-9-20-17(12)16)15-5-1-3-13-11-19-10-8-14(13)15/h1-5,9,16,19H,6-8,10-11H2. The lowest BCUT2D eigenvalue weighted by atomic mass is 9.87. The van der Waals surface area contributed by atoms with E-state index in [0.717, 1.165) is 43.6 Å². The van der Waals surface area contributed by atoms with Gasteiger partial charge in [0, 0.05) is 18.3 Å². The van der Waals surface area contributed by atoms with Crippen LogP contribution in [0.2, 0.25) is 0 Å². The van der Waals surface area contributed by atoms with E-state index >= 15 is 0 Å². The second-order valence-electron chi connectivity index (χ2n) is 5.87. The Morgan fingerprint density at radius 2 is 2.05 bits per heavy atom. The van der Waals surface area contributed by atoms with Gasteiger partial charge in [0.25, 0.3) is 0 Å². The van der Waals surface area contributed by atoms with Crippen molar-refractivity contribution in [3.63, 3.8) is 0 Å². The number of aromatic nitrogens is 1. The van der Waals surface area contributed by atoms with Crippen LogP contribution in [-0.2, 0) is 19.4 Å². The van der Waals surface area contributed by atoms with E-state index in [-0.39, 0.29) is 11.7 Å². The zero-order valence-corrected chi connectivity index (χ0v) is 11.9. The molecule has 21 heavy (non-hydrogen) atoms. The number of hydrogen-bond acceptors (Lipinski definition) is 3. The van der Waals surface area contributed by atoms with Gasteiger partial charge in [0.2, 0.25) is 0 Å². The van der Waals surface area contributed by atoms with Crippen molar-refractivity contribution in [1.29, 1.82) is 0 Å². The minimum absolute atomic E-state index is 0.0532. The molecular weight excluding hydrogens is 260 g/mol. The van der Waals surface area contributed by atoms with Gasteiger partial charge >= 0.3 is 0 Å². The fraction of sp³-hybridized carbons (Fsp3) is 0.333. The molecule has 0 fully saturated rings. The molecule has 4 rings (SSSR count). The molecule has 2 aromatic rings. The van der Waals surface area contributed by atoms with E-state index < -0.39 is 0 Å². The number of fused-ring (bicyclic) bond motifs is 2. The van der Waals surface area contributed by atoms with E-state index in [1.54, 1.807) is 6.20 Å². The first-order chi connectivity index (χ1) is 10.3. The lowest BCUT2D eigenvalue weighted by Crippen LogP contribution is -2.26. The fourth-order valence-corrected chi connectivity index (χ4v) is 3.62. The van der Waals surface area contributed by atoms with Gasteiger partial charge in [-0.25, -0.2) is 0 Å². The number of rotatable bonds is 2. The van der Waals surface area contributed by atoms with Gasteiger partial charge in [-0.3, -0.25) is 9.78 Å². The SMILES string of the molecule is O=C(c1cccc2c1CCNC2)C1CCc2cccnc21. The highest BCUT2D eigenvalue weighted by Crippen LogP contribution is 2.35. The third-order valence-corrected chi connectivity index (χ3v) is 4.68. The van der Waals surface area contributed by atoms with Gasteiger partial charge in [-0.05, 0) is 48.6 Å². The summed E-state index contributed by atoms with van der Waals surface area (Å²) in [5.41, 5.74) is 5.66. The number of pyridine rings is 1. The number of hydrogen-bond donors (Lipinski definition) is 1. The third kappa shape index (κ3) is 2.09. The summed E-state index contributed by atoms with van der Waals surface area (Å²) < 4.78 is 0. The number of carbonyl (C=O) groups is 1. The molecule has 106 valence electrons. The molecule has 1 aliphatic heterocycles. The molecule has 0 saturated carbocycles. The first-order valence-electron chi connectivity index (χ1n) is 7.64.